The van der Waals surface area contributed by atoms with Gasteiger partial charge in [0.2, 0.25) is 10.0 Å². The van der Waals surface area contributed by atoms with Crippen molar-refractivity contribution in [2.75, 3.05) is 13.1 Å². The van der Waals surface area contributed by atoms with Gasteiger partial charge in [-0.1, -0.05) is 18.2 Å². The molecule has 1 heterocycles. The maximum absolute atomic E-state index is 12.8. The van der Waals surface area contributed by atoms with Gasteiger partial charge in [-0.15, -0.1) is 0 Å². The van der Waals surface area contributed by atoms with E-state index in [9.17, 15) is 8.42 Å². The summed E-state index contributed by atoms with van der Waals surface area (Å²) in [5, 5.41) is 11.0. The molecule has 0 unspecified atom stereocenters. The number of benzene rings is 1. The Morgan fingerprint density at radius 3 is 2.48 bits per heavy atom. The van der Waals surface area contributed by atoms with Gasteiger partial charge in [-0.3, -0.25) is 4.68 Å². The van der Waals surface area contributed by atoms with E-state index in [1.165, 1.54) is 0 Å². The summed E-state index contributed by atoms with van der Waals surface area (Å²) in [4.78, 5) is 4.86. The van der Waals surface area contributed by atoms with E-state index in [0.29, 0.717) is 11.5 Å². The SMILES string of the molecule is CCNC(=NCc1ccccc1S(=O)(=O)NC(C)(C)C)NCCCn1nc(C)cc1C. The molecule has 0 aliphatic carbocycles. The molecule has 31 heavy (non-hydrogen) atoms. The molecule has 0 bridgehead atoms. The van der Waals surface area contributed by atoms with Gasteiger partial charge < -0.3 is 10.6 Å². The fraction of sp³-hybridized carbons (Fsp3) is 0.545. The third-order valence-corrected chi connectivity index (χ3v) is 6.26. The highest BCUT2D eigenvalue weighted by molar-refractivity contribution is 7.89. The second kappa shape index (κ2) is 10.8. The monoisotopic (exact) mass is 448 g/mol. The molecule has 9 heteroatoms. The normalized spacial score (nSPS) is 12.8. The van der Waals surface area contributed by atoms with Crippen molar-refractivity contribution in [1.29, 1.82) is 0 Å². The molecule has 0 aliphatic rings. The number of nitrogens with zero attached hydrogens (tertiary/aromatic N) is 3. The van der Waals surface area contributed by atoms with Gasteiger partial charge in [0, 0.05) is 30.9 Å². The zero-order valence-electron chi connectivity index (χ0n) is 19.5. The average Bonchev–Trinajstić information content (AvgIpc) is 2.98. The van der Waals surface area contributed by atoms with Crippen molar-refractivity contribution in [2.45, 2.75) is 71.5 Å². The molecule has 0 atom stereocenters. The van der Waals surface area contributed by atoms with Crippen LogP contribution in [0.3, 0.4) is 0 Å². The molecular weight excluding hydrogens is 412 g/mol. The minimum Gasteiger partial charge on any atom is -0.357 e. The Balaban J connectivity index is 2.04. The van der Waals surface area contributed by atoms with Gasteiger partial charge in [-0.2, -0.15) is 5.10 Å². The van der Waals surface area contributed by atoms with E-state index in [1.54, 1.807) is 18.2 Å². The molecule has 8 nitrogen and oxygen atoms in total. The lowest BCUT2D eigenvalue weighted by molar-refractivity contribution is 0.491. The first-order valence-corrected chi connectivity index (χ1v) is 12.2. The summed E-state index contributed by atoms with van der Waals surface area (Å²) in [5.41, 5.74) is 2.27. The number of hydrogen-bond acceptors (Lipinski definition) is 4. The zero-order valence-corrected chi connectivity index (χ0v) is 20.3. The van der Waals surface area contributed by atoms with E-state index in [-0.39, 0.29) is 11.4 Å². The quantitative estimate of drug-likeness (QED) is 0.311. The largest absolute Gasteiger partial charge is 0.357 e. The molecule has 172 valence electrons. The van der Waals surface area contributed by atoms with Crippen molar-refractivity contribution < 1.29 is 8.42 Å². The standard InChI is InChI=1S/C22H36N6O2S/c1-7-23-21(24-13-10-14-28-18(3)15-17(2)26-28)25-16-19-11-8-9-12-20(19)31(29,30)27-22(4,5)6/h8-9,11-12,15,27H,7,10,13-14,16H2,1-6H3,(H2,23,24,25). The molecule has 0 fully saturated rings. The van der Waals surface area contributed by atoms with E-state index >= 15 is 0 Å². The fourth-order valence-corrected chi connectivity index (χ4v) is 4.85. The number of guanidine groups is 1. The molecule has 2 rings (SSSR count). The maximum Gasteiger partial charge on any atom is 0.241 e. The smallest absolute Gasteiger partial charge is 0.241 e. The third-order valence-electron chi connectivity index (χ3n) is 4.40. The van der Waals surface area contributed by atoms with Crippen molar-refractivity contribution in [2.24, 2.45) is 4.99 Å². The minimum atomic E-state index is -3.63. The van der Waals surface area contributed by atoms with E-state index in [1.807, 2.05) is 45.4 Å². The summed E-state index contributed by atoms with van der Waals surface area (Å²) in [6.45, 7) is 14.0. The fourth-order valence-electron chi connectivity index (χ4n) is 3.20. The topological polar surface area (TPSA) is 100 Å². The summed E-state index contributed by atoms with van der Waals surface area (Å²) in [5.74, 6) is 0.659. The van der Waals surface area contributed by atoms with E-state index in [2.05, 4.69) is 38.4 Å². The van der Waals surface area contributed by atoms with Crippen LogP contribution >= 0.6 is 0 Å². The highest BCUT2D eigenvalue weighted by atomic mass is 32.2. The number of aryl methyl sites for hydroxylation is 3. The molecule has 0 spiro atoms. The molecule has 0 amide bonds. The second-order valence-electron chi connectivity index (χ2n) is 8.59. The first-order chi connectivity index (χ1) is 14.5. The molecule has 3 N–H and O–H groups in total. The summed E-state index contributed by atoms with van der Waals surface area (Å²) < 4.78 is 30.3. The lowest BCUT2D eigenvalue weighted by Gasteiger charge is -2.21. The van der Waals surface area contributed by atoms with Crippen LogP contribution in [0.5, 0.6) is 0 Å². The molecule has 0 radical (unpaired) electrons. The Hall–Kier alpha value is -2.39. The molecule has 1 aromatic carbocycles. The first kappa shape index (κ1) is 24.9. The van der Waals surface area contributed by atoms with Crippen LogP contribution in [0.1, 0.15) is 51.1 Å². The van der Waals surface area contributed by atoms with Gasteiger partial charge >= 0.3 is 0 Å². The van der Waals surface area contributed by atoms with E-state index < -0.39 is 15.6 Å². The van der Waals surface area contributed by atoms with Crippen molar-refractivity contribution in [3.63, 3.8) is 0 Å². The van der Waals surface area contributed by atoms with Crippen LogP contribution in [0.4, 0.5) is 0 Å². The van der Waals surface area contributed by atoms with Crippen molar-refractivity contribution >= 4 is 16.0 Å². The van der Waals surface area contributed by atoms with Crippen LogP contribution in [0, 0.1) is 13.8 Å². The average molecular weight is 449 g/mol. The van der Waals surface area contributed by atoms with Gasteiger partial charge in [-0.05, 0) is 65.7 Å². The van der Waals surface area contributed by atoms with Gasteiger partial charge in [-0.25, -0.2) is 18.1 Å². The molecule has 2 aromatic rings. The predicted molar refractivity (Wildman–Crippen MR) is 126 cm³/mol. The Morgan fingerprint density at radius 2 is 1.87 bits per heavy atom. The number of aromatic nitrogens is 2. The second-order valence-corrected chi connectivity index (χ2v) is 10.2. The number of aliphatic imine (C=N–C) groups is 1. The third kappa shape index (κ3) is 7.99. The van der Waals surface area contributed by atoms with Crippen LogP contribution in [-0.4, -0.2) is 42.8 Å². The lowest BCUT2D eigenvalue weighted by Crippen LogP contribution is -2.40. The van der Waals surface area contributed by atoms with Crippen LogP contribution < -0.4 is 15.4 Å². The Labute approximate surface area is 186 Å². The summed E-state index contributed by atoms with van der Waals surface area (Å²) in [7, 11) is -3.63. The zero-order chi connectivity index (χ0) is 23.1. The highest BCUT2D eigenvalue weighted by Gasteiger charge is 2.24. The molecule has 0 saturated carbocycles. The summed E-state index contributed by atoms with van der Waals surface area (Å²) in [6.07, 6.45) is 0.896. The molecule has 0 aliphatic heterocycles. The van der Waals surface area contributed by atoms with Crippen LogP contribution in [0.2, 0.25) is 0 Å². The van der Waals surface area contributed by atoms with Crippen LogP contribution in [0.25, 0.3) is 0 Å². The van der Waals surface area contributed by atoms with Crippen LogP contribution in [-0.2, 0) is 23.1 Å². The molecule has 0 saturated heterocycles. The van der Waals surface area contributed by atoms with Gasteiger partial charge in [0.05, 0.1) is 17.1 Å². The Bertz CT molecular complexity index is 990. The lowest BCUT2D eigenvalue weighted by atomic mass is 10.1. The number of rotatable bonds is 9. The van der Waals surface area contributed by atoms with Gasteiger partial charge in [0.25, 0.3) is 0 Å². The number of sulfonamides is 1. The van der Waals surface area contributed by atoms with Crippen molar-refractivity contribution in [1.82, 2.24) is 25.1 Å². The minimum absolute atomic E-state index is 0.258. The number of hydrogen-bond donors (Lipinski definition) is 3. The first-order valence-electron chi connectivity index (χ1n) is 10.7. The number of nitrogens with one attached hydrogen (secondary N) is 3. The Kier molecular flexibility index (Phi) is 8.64. The van der Waals surface area contributed by atoms with Gasteiger partial charge in [0.15, 0.2) is 5.96 Å². The van der Waals surface area contributed by atoms with Crippen molar-refractivity contribution in [3.05, 3.63) is 47.3 Å². The molecule has 1 aromatic heterocycles. The summed E-state index contributed by atoms with van der Waals surface area (Å²) >= 11 is 0. The van der Waals surface area contributed by atoms with Crippen LogP contribution in [0.15, 0.2) is 40.2 Å². The van der Waals surface area contributed by atoms with Gasteiger partial charge in [0.1, 0.15) is 0 Å². The highest BCUT2D eigenvalue weighted by Crippen LogP contribution is 2.18. The summed E-state index contributed by atoms with van der Waals surface area (Å²) in [6, 6.07) is 9.04. The van der Waals surface area contributed by atoms with Crippen molar-refractivity contribution in [3.8, 4) is 0 Å². The van der Waals surface area contributed by atoms with E-state index in [4.69, 9.17) is 0 Å². The Morgan fingerprint density at radius 1 is 1.16 bits per heavy atom. The molecular formula is C22H36N6O2S. The van der Waals surface area contributed by atoms with E-state index in [0.717, 1.165) is 37.4 Å². The predicted octanol–water partition coefficient (Wildman–Crippen LogP) is 2.72. The maximum atomic E-state index is 12.8.